The monoisotopic (exact) mass is 430 g/mol. The van der Waals surface area contributed by atoms with Crippen molar-refractivity contribution in [2.75, 3.05) is 0 Å². The summed E-state index contributed by atoms with van der Waals surface area (Å²) in [4.78, 5) is 0. The van der Waals surface area contributed by atoms with E-state index in [2.05, 4.69) is 0 Å². The molecule has 0 saturated heterocycles. The lowest BCUT2D eigenvalue weighted by molar-refractivity contribution is -0.137. The van der Waals surface area contributed by atoms with Crippen molar-refractivity contribution in [1.29, 1.82) is 0 Å². The van der Waals surface area contributed by atoms with Crippen LogP contribution in [0.5, 0.6) is 0 Å². The van der Waals surface area contributed by atoms with E-state index in [0.717, 1.165) is 50.8 Å². The highest BCUT2D eigenvalue weighted by Gasteiger charge is 2.30. The van der Waals surface area contributed by atoms with Gasteiger partial charge in [0.15, 0.2) is 0 Å². The predicted octanol–water partition coefficient (Wildman–Crippen LogP) is 7.84. The zero-order chi connectivity index (χ0) is 22.3. The van der Waals surface area contributed by atoms with Crippen LogP contribution in [0.4, 0.5) is 13.2 Å². The molecule has 1 unspecified atom stereocenters. The van der Waals surface area contributed by atoms with Crippen LogP contribution < -0.4 is 5.73 Å². The fourth-order valence-corrected chi connectivity index (χ4v) is 4.05. The first kappa shape index (κ1) is 20.3. The maximum Gasteiger partial charge on any atom is 0.416 e. The summed E-state index contributed by atoms with van der Waals surface area (Å²) in [5.74, 6) is 0. The Labute approximate surface area is 183 Å². The molecular weight excluding hydrogens is 411 g/mol. The zero-order valence-electron chi connectivity index (χ0n) is 17.0. The molecule has 0 spiro atoms. The highest BCUT2D eigenvalue weighted by Crippen LogP contribution is 2.36. The Morgan fingerprint density at radius 2 is 1.44 bits per heavy atom. The van der Waals surface area contributed by atoms with Crippen LogP contribution in [-0.2, 0) is 12.6 Å². The summed E-state index contributed by atoms with van der Waals surface area (Å²) in [6, 6.07) is 26.2. The Bertz CT molecular complexity index is 1380. The van der Waals surface area contributed by atoms with Crippen molar-refractivity contribution < 1.29 is 17.6 Å². The van der Waals surface area contributed by atoms with Gasteiger partial charge in [0.2, 0.25) is 0 Å². The van der Waals surface area contributed by atoms with Crippen molar-refractivity contribution in [3.63, 3.8) is 0 Å². The normalized spacial score (nSPS) is 13.0. The molecule has 0 bridgehead atoms. The van der Waals surface area contributed by atoms with Crippen LogP contribution in [0, 0.1) is 0 Å². The Hall–Kier alpha value is -3.57. The average Bonchev–Trinajstić information content (AvgIpc) is 3.18. The van der Waals surface area contributed by atoms with Crippen LogP contribution in [0.15, 0.2) is 95.4 Å². The van der Waals surface area contributed by atoms with Crippen molar-refractivity contribution in [3.8, 4) is 11.1 Å². The molecule has 4 aromatic carbocycles. The molecule has 1 aromatic heterocycles. The lowest BCUT2D eigenvalue weighted by atomic mass is 9.96. The Balaban J connectivity index is 1.39. The highest BCUT2D eigenvalue weighted by molar-refractivity contribution is 6.09. The van der Waals surface area contributed by atoms with Crippen LogP contribution in [-0.4, -0.2) is 0 Å². The Morgan fingerprint density at radius 1 is 0.750 bits per heavy atom. The van der Waals surface area contributed by atoms with Crippen molar-refractivity contribution >= 4 is 21.9 Å². The summed E-state index contributed by atoms with van der Waals surface area (Å²) in [7, 11) is 0. The zero-order valence-corrected chi connectivity index (χ0v) is 17.0. The van der Waals surface area contributed by atoms with Gasteiger partial charge in [-0.2, -0.15) is 13.2 Å². The van der Waals surface area contributed by atoms with E-state index >= 15 is 0 Å². The number of halogens is 3. The molecule has 5 heteroatoms. The Kier molecular flexibility index (Phi) is 4.98. The van der Waals surface area contributed by atoms with Crippen LogP contribution in [0.3, 0.4) is 0 Å². The molecule has 0 aliphatic rings. The summed E-state index contributed by atoms with van der Waals surface area (Å²) < 4.78 is 44.4. The third-order valence-electron chi connectivity index (χ3n) is 5.75. The largest absolute Gasteiger partial charge is 0.455 e. The number of para-hydroxylation sites is 2. The first-order valence-electron chi connectivity index (χ1n) is 10.3. The van der Waals surface area contributed by atoms with E-state index in [1.165, 1.54) is 12.1 Å². The van der Waals surface area contributed by atoms with Gasteiger partial charge in [-0.3, -0.25) is 0 Å². The molecule has 32 heavy (non-hydrogen) atoms. The molecule has 0 aliphatic heterocycles. The van der Waals surface area contributed by atoms with Crippen molar-refractivity contribution in [3.05, 3.63) is 108 Å². The number of alkyl halides is 3. The van der Waals surface area contributed by atoms with Gasteiger partial charge in [0.1, 0.15) is 11.2 Å². The minimum atomic E-state index is -4.37. The summed E-state index contributed by atoms with van der Waals surface area (Å²) in [6.45, 7) is 0. The summed E-state index contributed by atoms with van der Waals surface area (Å²) in [5, 5.41) is 2.14. The standard InChI is InChI=1S/C27H19F3NO/c28-27(29,30)20-14-12-19(13-15-20)24(31)16-17-8-10-18(11-9-17)21-5-3-6-23-22-4-1-2-7-25(22)32-26(21)23/h1-15,24,31H,16H2. The molecule has 5 aromatic rings. The molecule has 1 heterocycles. The van der Waals surface area contributed by atoms with Crippen LogP contribution in [0.1, 0.15) is 22.7 Å². The molecule has 1 N–H and O–H groups in total. The van der Waals surface area contributed by atoms with E-state index in [9.17, 15) is 13.2 Å². The second-order valence-electron chi connectivity index (χ2n) is 7.85. The molecule has 1 radical (unpaired) electrons. The molecule has 1 atom stereocenters. The van der Waals surface area contributed by atoms with E-state index in [0.29, 0.717) is 12.0 Å². The number of fused-ring (bicyclic) bond motifs is 3. The van der Waals surface area contributed by atoms with E-state index in [1.807, 2.05) is 66.7 Å². The lowest BCUT2D eigenvalue weighted by Crippen LogP contribution is -2.07. The van der Waals surface area contributed by atoms with Gasteiger partial charge >= 0.3 is 6.18 Å². The topological polar surface area (TPSA) is 36.9 Å². The summed E-state index contributed by atoms with van der Waals surface area (Å²) in [5.41, 5.74) is 12.9. The predicted molar refractivity (Wildman–Crippen MR) is 120 cm³/mol. The minimum absolute atomic E-state index is 0.417. The first-order valence-corrected chi connectivity index (χ1v) is 10.3. The fraction of sp³-hybridized carbons (Fsp3) is 0.111. The number of hydrogen-bond donors (Lipinski definition) is 0. The smallest absolute Gasteiger partial charge is 0.416 e. The lowest BCUT2D eigenvalue weighted by Gasteiger charge is -2.13. The van der Waals surface area contributed by atoms with Gasteiger partial charge in [0, 0.05) is 16.3 Å². The van der Waals surface area contributed by atoms with Gasteiger partial charge in [0.25, 0.3) is 0 Å². The van der Waals surface area contributed by atoms with E-state index < -0.39 is 17.8 Å². The molecule has 0 fully saturated rings. The number of nitrogens with one attached hydrogen (secondary N) is 1. The maximum absolute atomic E-state index is 12.7. The number of hydrogen-bond acceptors (Lipinski definition) is 1. The molecule has 5 rings (SSSR count). The van der Waals surface area contributed by atoms with Gasteiger partial charge in [0.05, 0.1) is 11.6 Å². The molecule has 0 saturated carbocycles. The Morgan fingerprint density at radius 3 is 2.16 bits per heavy atom. The van der Waals surface area contributed by atoms with Gasteiger partial charge < -0.3 is 4.42 Å². The first-order chi connectivity index (χ1) is 15.4. The fourth-order valence-electron chi connectivity index (χ4n) is 4.05. The molecule has 2 nitrogen and oxygen atoms in total. The third-order valence-corrected chi connectivity index (χ3v) is 5.75. The van der Waals surface area contributed by atoms with Crippen LogP contribution in [0.2, 0.25) is 0 Å². The van der Waals surface area contributed by atoms with Crippen molar-refractivity contribution in [2.45, 2.75) is 18.6 Å². The molecule has 0 amide bonds. The van der Waals surface area contributed by atoms with E-state index in [-0.39, 0.29) is 0 Å². The summed E-state index contributed by atoms with van der Waals surface area (Å²) in [6.07, 6.45) is -3.95. The average molecular weight is 430 g/mol. The van der Waals surface area contributed by atoms with Gasteiger partial charge in [-0.05, 0) is 41.3 Å². The SMILES string of the molecule is [NH]C(Cc1ccc(-c2cccc3c2oc2ccccc23)cc1)c1ccc(C(F)(F)F)cc1. The minimum Gasteiger partial charge on any atom is -0.455 e. The molecular formula is C27H19F3NO. The summed E-state index contributed by atoms with van der Waals surface area (Å²) >= 11 is 0. The maximum atomic E-state index is 12.7. The van der Waals surface area contributed by atoms with Gasteiger partial charge in [-0.25, -0.2) is 5.73 Å². The van der Waals surface area contributed by atoms with Crippen LogP contribution in [0.25, 0.3) is 33.1 Å². The quantitative estimate of drug-likeness (QED) is 0.286. The molecule has 0 aliphatic carbocycles. The second kappa shape index (κ2) is 7.84. The van der Waals surface area contributed by atoms with Crippen LogP contribution >= 0.6 is 0 Å². The number of rotatable bonds is 4. The van der Waals surface area contributed by atoms with E-state index in [4.69, 9.17) is 10.2 Å². The second-order valence-corrected chi connectivity index (χ2v) is 7.85. The molecule has 159 valence electrons. The van der Waals surface area contributed by atoms with Gasteiger partial charge in [-0.15, -0.1) is 0 Å². The van der Waals surface area contributed by atoms with E-state index in [1.54, 1.807) is 0 Å². The van der Waals surface area contributed by atoms with Gasteiger partial charge in [-0.1, -0.05) is 72.8 Å². The third kappa shape index (κ3) is 3.76. The van der Waals surface area contributed by atoms with Crippen molar-refractivity contribution in [1.82, 2.24) is 5.73 Å². The highest BCUT2D eigenvalue weighted by atomic mass is 19.4. The van der Waals surface area contributed by atoms with Crippen molar-refractivity contribution in [2.24, 2.45) is 0 Å². The number of furan rings is 1. The number of benzene rings is 4.